The Bertz CT molecular complexity index is 168. The van der Waals surface area contributed by atoms with Gasteiger partial charge in [0, 0.05) is 25.5 Å². The molecule has 0 aromatic carbocycles. The van der Waals surface area contributed by atoms with Crippen LogP contribution >= 0.6 is 0 Å². The molecule has 0 aromatic rings. The first-order chi connectivity index (χ1) is 6.86. The quantitative estimate of drug-likeness (QED) is 0.629. The summed E-state index contributed by atoms with van der Waals surface area (Å²) in [6.07, 6.45) is 9.32. The third-order valence-electron chi connectivity index (χ3n) is 2.55. The highest BCUT2D eigenvalue weighted by molar-refractivity contribution is 4.90. The standard InChI is InChI=1S/C11H23N3/c1-2-3-7-13-9-10-14(11-13)8-5-4-6-12/h9-10H,2-8,11-12H2,1H3. The number of hydrogen-bond donors (Lipinski definition) is 1. The van der Waals surface area contributed by atoms with Crippen LogP contribution in [0.3, 0.4) is 0 Å². The molecule has 3 heteroatoms. The second-order valence-corrected chi connectivity index (χ2v) is 3.91. The van der Waals surface area contributed by atoms with Gasteiger partial charge in [-0.3, -0.25) is 0 Å². The van der Waals surface area contributed by atoms with Gasteiger partial charge in [-0.1, -0.05) is 13.3 Å². The van der Waals surface area contributed by atoms with Crippen LogP contribution in [0.25, 0.3) is 0 Å². The van der Waals surface area contributed by atoms with Gasteiger partial charge in [-0.25, -0.2) is 0 Å². The normalized spacial score (nSPS) is 15.6. The van der Waals surface area contributed by atoms with E-state index in [1.54, 1.807) is 0 Å². The lowest BCUT2D eigenvalue weighted by molar-refractivity contribution is 0.259. The van der Waals surface area contributed by atoms with E-state index in [0.29, 0.717) is 0 Å². The largest absolute Gasteiger partial charge is 0.359 e. The van der Waals surface area contributed by atoms with Gasteiger partial charge in [0.1, 0.15) is 0 Å². The molecule has 0 amide bonds. The zero-order valence-corrected chi connectivity index (χ0v) is 9.28. The third-order valence-corrected chi connectivity index (χ3v) is 2.55. The van der Waals surface area contributed by atoms with Gasteiger partial charge < -0.3 is 15.5 Å². The van der Waals surface area contributed by atoms with Crippen molar-refractivity contribution in [1.29, 1.82) is 0 Å². The van der Waals surface area contributed by atoms with Gasteiger partial charge in [-0.15, -0.1) is 0 Å². The molecule has 0 unspecified atom stereocenters. The van der Waals surface area contributed by atoms with E-state index >= 15 is 0 Å². The first-order valence-corrected chi connectivity index (χ1v) is 5.73. The SMILES string of the molecule is CCCCN1C=CN(CCCCN)C1. The molecule has 0 aromatic heterocycles. The molecule has 0 saturated carbocycles. The third kappa shape index (κ3) is 4.01. The number of unbranched alkanes of at least 4 members (excludes halogenated alkanes) is 2. The maximum Gasteiger partial charge on any atom is 0.0893 e. The maximum atomic E-state index is 5.46. The Morgan fingerprint density at radius 2 is 1.71 bits per heavy atom. The first-order valence-electron chi connectivity index (χ1n) is 5.73. The average Bonchev–Trinajstić information content (AvgIpc) is 2.63. The Kier molecular flexibility index (Phi) is 5.45. The van der Waals surface area contributed by atoms with Crippen LogP contribution in [0.2, 0.25) is 0 Å². The lowest BCUT2D eigenvalue weighted by Crippen LogP contribution is -2.26. The van der Waals surface area contributed by atoms with E-state index in [9.17, 15) is 0 Å². The second-order valence-electron chi connectivity index (χ2n) is 3.91. The molecule has 0 spiro atoms. The van der Waals surface area contributed by atoms with Gasteiger partial charge in [0.05, 0.1) is 6.67 Å². The monoisotopic (exact) mass is 197 g/mol. The van der Waals surface area contributed by atoms with Crippen LogP contribution in [0, 0.1) is 0 Å². The summed E-state index contributed by atoms with van der Waals surface area (Å²) in [6, 6.07) is 0. The zero-order valence-electron chi connectivity index (χ0n) is 9.28. The van der Waals surface area contributed by atoms with E-state index in [0.717, 1.165) is 26.2 Å². The van der Waals surface area contributed by atoms with Crippen LogP contribution in [0.5, 0.6) is 0 Å². The van der Waals surface area contributed by atoms with Gasteiger partial charge in [0.15, 0.2) is 0 Å². The van der Waals surface area contributed by atoms with E-state index in [2.05, 4.69) is 29.1 Å². The molecule has 1 aliphatic heterocycles. The Morgan fingerprint density at radius 1 is 1.07 bits per heavy atom. The fraction of sp³-hybridized carbons (Fsp3) is 0.818. The molecule has 1 rings (SSSR count). The highest BCUT2D eigenvalue weighted by atomic mass is 15.3. The Morgan fingerprint density at radius 3 is 2.29 bits per heavy atom. The van der Waals surface area contributed by atoms with E-state index in [1.165, 1.54) is 25.8 Å². The van der Waals surface area contributed by atoms with Crippen LogP contribution in [-0.4, -0.2) is 36.1 Å². The van der Waals surface area contributed by atoms with Gasteiger partial charge in [0.25, 0.3) is 0 Å². The predicted molar refractivity (Wildman–Crippen MR) is 60.6 cm³/mol. The number of rotatable bonds is 7. The highest BCUT2D eigenvalue weighted by Gasteiger charge is 2.10. The molecule has 0 saturated heterocycles. The summed E-state index contributed by atoms with van der Waals surface area (Å²) in [5.74, 6) is 0. The average molecular weight is 197 g/mol. The minimum Gasteiger partial charge on any atom is -0.359 e. The first kappa shape index (κ1) is 11.4. The smallest absolute Gasteiger partial charge is 0.0893 e. The van der Waals surface area contributed by atoms with Crippen molar-refractivity contribution in [2.45, 2.75) is 32.6 Å². The molecule has 0 atom stereocenters. The minimum atomic E-state index is 0.817. The van der Waals surface area contributed by atoms with Gasteiger partial charge in [-0.05, 0) is 25.8 Å². The summed E-state index contributed by atoms with van der Waals surface area (Å²) in [5, 5.41) is 0. The summed E-state index contributed by atoms with van der Waals surface area (Å²) < 4.78 is 0. The van der Waals surface area contributed by atoms with Crippen molar-refractivity contribution in [3.05, 3.63) is 12.4 Å². The fourth-order valence-corrected chi connectivity index (χ4v) is 1.63. The van der Waals surface area contributed by atoms with Gasteiger partial charge >= 0.3 is 0 Å². The topological polar surface area (TPSA) is 32.5 Å². The fourth-order valence-electron chi connectivity index (χ4n) is 1.63. The molecule has 0 fully saturated rings. The van der Waals surface area contributed by atoms with Gasteiger partial charge in [-0.2, -0.15) is 0 Å². The molecular weight excluding hydrogens is 174 g/mol. The van der Waals surface area contributed by atoms with Crippen molar-refractivity contribution in [2.24, 2.45) is 5.73 Å². The molecular formula is C11H23N3. The maximum absolute atomic E-state index is 5.46. The summed E-state index contributed by atoms with van der Waals surface area (Å²) in [5.41, 5.74) is 5.46. The Balaban J connectivity index is 2.06. The van der Waals surface area contributed by atoms with Crippen molar-refractivity contribution in [2.75, 3.05) is 26.3 Å². The van der Waals surface area contributed by atoms with Crippen LogP contribution in [0.15, 0.2) is 12.4 Å². The second kappa shape index (κ2) is 6.71. The van der Waals surface area contributed by atoms with E-state index in [1.807, 2.05) is 0 Å². The molecule has 0 radical (unpaired) electrons. The predicted octanol–water partition coefficient (Wildman–Crippen LogP) is 1.57. The minimum absolute atomic E-state index is 0.817. The Labute approximate surface area is 87.6 Å². The molecule has 14 heavy (non-hydrogen) atoms. The highest BCUT2D eigenvalue weighted by Crippen LogP contribution is 2.08. The molecule has 1 aliphatic rings. The molecule has 0 bridgehead atoms. The van der Waals surface area contributed by atoms with Crippen LogP contribution in [0.1, 0.15) is 32.6 Å². The van der Waals surface area contributed by atoms with E-state index in [4.69, 9.17) is 5.73 Å². The van der Waals surface area contributed by atoms with Gasteiger partial charge in [0.2, 0.25) is 0 Å². The van der Waals surface area contributed by atoms with Crippen molar-refractivity contribution in [3.63, 3.8) is 0 Å². The molecule has 82 valence electrons. The summed E-state index contributed by atoms with van der Waals surface area (Å²) in [7, 11) is 0. The van der Waals surface area contributed by atoms with Crippen molar-refractivity contribution in [1.82, 2.24) is 9.80 Å². The number of nitrogens with two attached hydrogens (primary N) is 1. The van der Waals surface area contributed by atoms with Crippen molar-refractivity contribution < 1.29 is 0 Å². The van der Waals surface area contributed by atoms with Crippen LogP contribution < -0.4 is 5.73 Å². The number of nitrogens with zero attached hydrogens (tertiary/aromatic N) is 2. The van der Waals surface area contributed by atoms with Crippen LogP contribution in [-0.2, 0) is 0 Å². The summed E-state index contributed by atoms with van der Waals surface area (Å²) >= 11 is 0. The zero-order chi connectivity index (χ0) is 10.2. The summed E-state index contributed by atoms with van der Waals surface area (Å²) in [6.45, 7) is 6.47. The lowest BCUT2D eigenvalue weighted by Gasteiger charge is -2.20. The Hall–Kier alpha value is -0.700. The molecule has 3 nitrogen and oxygen atoms in total. The number of hydrogen-bond acceptors (Lipinski definition) is 3. The molecule has 1 heterocycles. The van der Waals surface area contributed by atoms with Crippen LogP contribution in [0.4, 0.5) is 0 Å². The van der Waals surface area contributed by atoms with E-state index < -0.39 is 0 Å². The summed E-state index contributed by atoms with van der Waals surface area (Å²) in [4.78, 5) is 4.75. The van der Waals surface area contributed by atoms with Crippen molar-refractivity contribution >= 4 is 0 Å². The lowest BCUT2D eigenvalue weighted by atomic mass is 10.3. The van der Waals surface area contributed by atoms with Crippen molar-refractivity contribution in [3.8, 4) is 0 Å². The molecule has 0 aliphatic carbocycles. The van der Waals surface area contributed by atoms with E-state index in [-0.39, 0.29) is 0 Å². The molecule has 2 N–H and O–H groups in total.